The molecule has 1 aliphatic heterocycles. The molecular formula is C11H17NO5. The van der Waals surface area contributed by atoms with Crippen molar-refractivity contribution in [1.29, 1.82) is 0 Å². The Bertz CT molecular complexity index is 361. The van der Waals surface area contributed by atoms with Crippen LogP contribution in [0.5, 0.6) is 0 Å². The molecule has 0 saturated heterocycles. The Labute approximate surface area is 99.7 Å². The summed E-state index contributed by atoms with van der Waals surface area (Å²) in [4.78, 5) is 28.0. The molecule has 6 heteroatoms. The van der Waals surface area contributed by atoms with Gasteiger partial charge in [-0.1, -0.05) is 13.8 Å². The molecule has 0 aliphatic carbocycles. The van der Waals surface area contributed by atoms with Gasteiger partial charge in [0, 0.05) is 4.90 Å². The molecule has 1 heterocycles. The van der Waals surface area contributed by atoms with E-state index in [1.807, 2.05) is 13.8 Å². The maximum Gasteiger partial charge on any atom is 0.405 e. The van der Waals surface area contributed by atoms with Crippen LogP contribution < -0.4 is 0 Å². The van der Waals surface area contributed by atoms with Crippen molar-refractivity contribution >= 4 is 17.5 Å². The molecule has 0 fully saturated rings. The number of ketones is 1. The Kier molecular flexibility index (Phi) is 4.09. The summed E-state index contributed by atoms with van der Waals surface area (Å²) in [5, 5.41) is 11.5. The Morgan fingerprint density at radius 3 is 2.53 bits per heavy atom. The molecule has 1 aliphatic rings. The lowest BCUT2D eigenvalue weighted by atomic mass is 9.85. The van der Waals surface area contributed by atoms with E-state index < -0.39 is 18.0 Å². The number of esters is 1. The van der Waals surface area contributed by atoms with Crippen molar-refractivity contribution in [2.24, 2.45) is 11.8 Å². The molecule has 0 aromatic heterocycles. The number of carbonyl (C=O) groups excluding carboxylic acids is 2. The highest BCUT2D eigenvalue weighted by Gasteiger charge is 2.48. The van der Waals surface area contributed by atoms with E-state index in [2.05, 4.69) is 0 Å². The topological polar surface area (TPSA) is 78.7 Å². The standard InChI is InChI=1S/C11H17NO5/c1-5-16-11(14)9-8(6(2)3)10(7(4)13)17-12(9)15/h6,8,10H,5H2,1-4H3/t8-,10+/m0/s1. The van der Waals surface area contributed by atoms with Crippen LogP contribution in [0.15, 0.2) is 0 Å². The quantitative estimate of drug-likeness (QED) is 0.535. The first-order valence-corrected chi connectivity index (χ1v) is 5.58. The van der Waals surface area contributed by atoms with Gasteiger partial charge in [-0.25, -0.2) is 4.79 Å². The molecule has 0 radical (unpaired) electrons. The predicted octanol–water partition coefficient (Wildman–Crippen LogP) is 0.676. The summed E-state index contributed by atoms with van der Waals surface area (Å²) >= 11 is 0. The summed E-state index contributed by atoms with van der Waals surface area (Å²) < 4.78 is 4.80. The molecule has 0 unspecified atom stereocenters. The van der Waals surface area contributed by atoms with Crippen LogP contribution in [0.2, 0.25) is 0 Å². The van der Waals surface area contributed by atoms with Crippen LogP contribution >= 0.6 is 0 Å². The van der Waals surface area contributed by atoms with Gasteiger partial charge in [-0.05, 0) is 19.8 Å². The molecule has 0 bridgehead atoms. The number of hydrogen-bond acceptors (Lipinski definition) is 5. The summed E-state index contributed by atoms with van der Waals surface area (Å²) in [6.07, 6.45) is -0.896. The molecule has 0 aromatic rings. The van der Waals surface area contributed by atoms with Crippen LogP contribution in [0.4, 0.5) is 0 Å². The van der Waals surface area contributed by atoms with Gasteiger partial charge in [0.05, 0.1) is 12.5 Å². The van der Waals surface area contributed by atoms with Crippen LogP contribution in [0.3, 0.4) is 0 Å². The zero-order chi connectivity index (χ0) is 13.2. The lowest BCUT2D eigenvalue weighted by Gasteiger charge is -2.18. The van der Waals surface area contributed by atoms with Gasteiger partial charge in [0.25, 0.3) is 0 Å². The number of rotatable bonds is 4. The van der Waals surface area contributed by atoms with Crippen molar-refractivity contribution in [2.75, 3.05) is 6.61 Å². The van der Waals surface area contributed by atoms with Gasteiger partial charge in [-0.2, -0.15) is 0 Å². The normalized spacial score (nSPS) is 23.8. The number of ether oxygens (including phenoxy) is 1. The van der Waals surface area contributed by atoms with Gasteiger partial charge < -0.3 is 9.57 Å². The fourth-order valence-electron chi connectivity index (χ4n) is 1.90. The second-order valence-corrected chi connectivity index (χ2v) is 4.27. The number of nitrogens with zero attached hydrogens (tertiary/aromatic N) is 1. The fraction of sp³-hybridized carbons (Fsp3) is 0.727. The largest absolute Gasteiger partial charge is 0.458 e. The van der Waals surface area contributed by atoms with E-state index in [0.29, 0.717) is 0 Å². The molecule has 0 amide bonds. The van der Waals surface area contributed by atoms with E-state index in [1.165, 1.54) is 6.92 Å². The highest BCUT2D eigenvalue weighted by atomic mass is 16.9. The van der Waals surface area contributed by atoms with Gasteiger partial charge in [-0.3, -0.25) is 10.0 Å². The summed E-state index contributed by atoms with van der Waals surface area (Å²) in [5.41, 5.74) is -0.123. The van der Waals surface area contributed by atoms with Crippen molar-refractivity contribution in [1.82, 2.24) is 0 Å². The van der Waals surface area contributed by atoms with E-state index >= 15 is 0 Å². The fourth-order valence-corrected chi connectivity index (χ4v) is 1.90. The van der Waals surface area contributed by atoms with E-state index in [-0.39, 0.29) is 28.9 Å². The third kappa shape index (κ3) is 2.57. The molecule has 1 rings (SSSR count). The molecular weight excluding hydrogens is 226 g/mol. The summed E-state index contributed by atoms with van der Waals surface area (Å²) in [7, 11) is 0. The summed E-state index contributed by atoms with van der Waals surface area (Å²) in [6.45, 7) is 6.80. The van der Waals surface area contributed by atoms with Gasteiger partial charge in [0.1, 0.15) is 11.9 Å². The lowest BCUT2D eigenvalue weighted by Crippen LogP contribution is -2.37. The lowest BCUT2D eigenvalue weighted by molar-refractivity contribution is -0.736. The highest BCUT2D eigenvalue weighted by molar-refractivity contribution is 6.36. The van der Waals surface area contributed by atoms with Crippen LogP contribution in [0, 0.1) is 17.0 Å². The van der Waals surface area contributed by atoms with Gasteiger partial charge >= 0.3 is 11.7 Å². The Morgan fingerprint density at radius 1 is 1.53 bits per heavy atom. The zero-order valence-corrected chi connectivity index (χ0v) is 10.4. The third-order valence-corrected chi connectivity index (χ3v) is 2.65. The second kappa shape index (κ2) is 5.16. The SMILES string of the molecule is CCOC(=O)C1=[N+]([O-])O[C@H](C(C)=O)[C@H]1C(C)C. The van der Waals surface area contributed by atoms with Gasteiger partial charge in [0.15, 0.2) is 0 Å². The Hall–Kier alpha value is -1.59. The second-order valence-electron chi connectivity index (χ2n) is 4.27. The molecule has 0 spiro atoms. The maximum absolute atomic E-state index is 11.6. The summed E-state index contributed by atoms with van der Waals surface area (Å²) in [6, 6.07) is 0. The third-order valence-electron chi connectivity index (χ3n) is 2.65. The minimum absolute atomic E-state index is 0.0674. The van der Waals surface area contributed by atoms with E-state index in [4.69, 9.17) is 9.57 Å². The van der Waals surface area contributed by atoms with Crippen LogP contribution in [-0.2, 0) is 19.2 Å². The van der Waals surface area contributed by atoms with E-state index in [1.54, 1.807) is 6.92 Å². The first-order valence-electron chi connectivity index (χ1n) is 5.58. The van der Waals surface area contributed by atoms with Crippen molar-refractivity contribution < 1.29 is 24.1 Å². The Morgan fingerprint density at radius 2 is 2.12 bits per heavy atom. The van der Waals surface area contributed by atoms with Crippen LogP contribution in [-0.4, -0.2) is 35.1 Å². The minimum Gasteiger partial charge on any atom is -0.458 e. The molecule has 0 N–H and O–H groups in total. The van der Waals surface area contributed by atoms with Crippen molar-refractivity contribution in [3.63, 3.8) is 0 Å². The van der Waals surface area contributed by atoms with Gasteiger partial charge in [-0.15, -0.1) is 0 Å². The predicted molar refractivity (Wildman–Crippen MR) is 59.1 cm³/mol. The molecule has 17 heavy (non-hydrogen) atoms. The van der Waals surface area contributed by atoms with E-state index in [9.17, 15) is 14.8 Å². The maximum atomic E-state index is 11.6. The van der Waals surface area contributed by atoms with E-state index in [0.717, 1.165) is 0 Å². The highest BCUT2D eigenvalue weighted by Crippen LogP contribution is 2.26. The molecule has 0 saturated carbocycles. The number of carbonyl (C=O) groups is 2. The van der Waals surface area contributed by atoms with Crippen molar-refractivity contribution in [3.05, 3.63) is 5.21 Å². The van der Waals surface area contributed by atoms with Crippen molar-refractivity contribution in [2.45, 2.75) is 33.8 Å². The average molecular weight is 243 g/mol. The number of hydrogen-bond donors (Lipinski definition) is 0. The zero-order valence-electron chi connectivity index (χ0n) is 10.4. The monoisotopic (exact) mass is 243 g/mol. The van der Waals surface area contributed by atoms with Crippen LogP contribution in [0.1, 0.15) is 27.7 Å². The Balaban J connectivity index is 3.04. The van der Waals surface area contributed by atoms with Crippen LogP contribution in [0.25, 0.3) is 0 Å². The molecule has 2 atom stereocenters. The van der Waals surface area contributed by atoms with Crippen molar-refractivity contribution in [3.8, 4) is 0 Å². The average Bonchev–Trinajstić information content (AvgIpc) is 2.56. The molecule has 96 valence electrons. The molecule has 0 aromatic carbocycles. The number of Topliss-reactive ketones (excluding diaryl/α,β-unsaturated/α-hetero) is 1. The first-order chi connectivity index (χ1) is 7.90. The smallest absolute Gasteiger partial charge is 0.405 e. The first kappa shape index (κ1) is 13.5. The molecule has 6 nitrogen and oxygen atoms in total. The minimum atomic E-state index is -0.896. The van der Waals surface area contributed by atoms with Gasteiger partial charge in [0.2, 0.25) is 0 Å². The summed E-state index contributed by atoms with van der Waals surface area (Å²) in [5.74, 6) is -1.61.